The van der Waals surface area contributed by atoms with Gasteiger partial charge in [0, 0.05) is 16.0 Å². The number of pyridine rings is 1. The number of rotatable bonds is 7. The summed E-state index contributed by atoms with van der Waals surface area (Å²) in [5.41, 5.74) is 18.4. The second-order valence-corrected chi connectivity index (χ2v) is 21.0. The predicted molar refractivity (Wildman–Crippen MR) is 297 cm³/mol. The zero-order valence-electron chi connectivity index (χ0n) is 39.7. The predicted octanol–water partition coefficient (Wildman–Crippen LogP) is 16.9. The van der Waals surface area contributed by atoms with Crippen LogP contribution in [0.25, 0.3) is 83.4 Å². The Labute approximate surface area is 442 Å². The van der Waals surface area contributed by atoms with E-state index in [1.807, 2.05) is 30.1 Å². The summed E-state index contributed by atoms with van der Waals surface area (Å²) in [5.74, 6) is 2.33. The minimum atomic E-state index is -0.499. The molecule has 3 aromatic heterocycles. The molecule has 0 saturated heterocycles. The SMILES string of the molecule is [Pt]=[c]1n(-c2cccc(Oc3ccc4c5cc6c(cc5n(-c5ccccn5)c4c3)C3(c4ccccc4Sc4ccccc43)c3ccccc3-6)c2)c2ccccc2n1-c1c(-c2ccccc2)cccc1-c1ccccc1. The summed E-state index contributed by atoms with van der Waals surface area (Å²) < 4.78 is 15.1. The van der Waals surface area contributed by atoms with Gasteiger partial charge in [-0.2, -0.15) is 0 Å². The molecule has 0 unspecified atom stereocenters. The summed E-state index contributed by atoms with van der Waals surface area (Å²) >= 11 is 4.38. The molecule has 0 bridgehead atoms. The summed E-state index contributed by atoms with van der Waals surface area (Å²) in [5, 5.41) is 2.31. The fourth-order valence-corrected chi connectivity index (χ4v) is 14.3. The number of aromatic nitrogens is 4. The number of hydrogen-bond acceptors (Lipinski definition) is 3. The van der Waals surface area contributed by atoms with Crippen LogP contribution in [0.15, 0.2) is 265 Å². The van der Waals surface area contributed by atoms with E-state index in [2.05, 4.69) is 270 Å². The Kier molecular flexibility index (Phi) is 9.91. The number of hydrogen-bond donors (Lipinski definition) is 0. The number of nitrogens with zero attached hydrogens (tertiary/aromatic N) is 4. The third kappa shape index (κ3) is 6.41. The van der Waals surface area contributed by atoms with Crippen LogP contribution in [0.5, 0.6) is 11.5 Å². The first kappa shape index (κ1) is 43.1. The van der Waals surface area contributed by atoms with Crippen molar-refractivity contribution in [2.75, 3.05) is 0 Å². The maximum absolute atomic E-state index is 6.97. The Morgan fingerprint density at radius 2 is 0.973 bits per heavy atom. The number of imidazole rings is 1. The summed E-state index contributed by atoms with van der Waals surface area (Å²) in [6.45, 7) is 0. The van der Waals surface area contributed by atoms with E-state index >= 15 is 0 Å². The zero-order chi connectivity index (χ0) is 48.9. The number of para-hydroxylation sites is 3. The quantitative estimate of drug-likeness (QED) is 0.160. The van der Waals surface area contributed by atoms with Gasteiger partial charge in [0.25, 0.3) is 0 Å². The van der Waals surface area contributed by atoms with Crippen LogP contribution in [0, 0.1) is 3.80 Å². The Balaban J connectivity index is 0.889. The molecule has 2 aliphatic rings. The molecule has 0 amide bonds. The Bertz CT molecular complexity index is 4360. The van der Waals surface area contributed by atoms with E-state index in [4.69, 9.17) is 9.72 Å². The van der Waals surface area contributed by atoms with Gasteiger partial charge in [-0.1, -0.05) is 78.5 Å². The number of fused-ring (bicyclic) bond motifs is 13. The van der Waals surface area contributed by atoms with Crippen molar-refractivity contribution in [3.05, 3.63) is 281 Å². The minimum absolute atomic E-state index is 0.499. The molecular weight excluding hydrogens is 1100 g/mol. The van der Waals surface area contributed by atoms with E-state index < -0.39 is 5.41 Å². The van der Waals surface area contributed by atoms with Crippen molar-refractivity contribution >= 4 is 44.6 Å². The number of ether oxygens (including phenoxy) is 1. The van der Waals surface area contributed by atoms with E-state index in [0.717, 1.165) is 82.2 Å². The molecule has 15 rings (SSSR count). The van der Waals surface area contributed by atoms with Crippen molar-refractivity contribution < 1.29 is 24.1 Å². The summed E-state index contributed by atoms with van der Waals surface area (Å²) in [4.78, 5) is 7.58. The van der Waals surface area contributed by atoms with E-state index in [9.17, 15) is 0 Å². The molecule has 10 aromatic carbocycles. The van der Waals surface area contributed by atoms with Crippen LogP contribution in [-0.4, -0.2) is 18.7 Å². The van der Waals surface area contributed by atoms with Gasteiger partial charge < -0.3 is 0 Å². The van der Waals surface area contributed by atoms with Gasteiger partial charge in [0.1, 0.15) is 0 Å². The molecule has 0 saturated carbocycles. The van der Waals surface area contributed by atoms with Gasteiger partial charge in [0.2, 0.25) is 0 Å². The van der Waals surface area contributed by atoms with Crippen molar-refractivity contribution in [2.24, 2.45) is 0 Å². The molecule has 7 heteroatoms. The molecule has 1 aliphatic carbocycles. The van der Waals surface area contributed by atoms with Gasteiger partial charge in [0.05, 0.1) is 5.41 Å². The normalized spacial score (nSPS) is 13.0. The molecule has 352 valence electrons. The molecule has 0 fully saturated rings. The fourth-order valence-electron chi connectivity index (χ4n) is 12.0. The van der Waals surface area contributed by atoms with E-state index in [-0.39, 0.29) is 0 Å². The monoisotopic (exact) mass is 1150 g/mol. The van der Waals surface area contributed by atoms with Gasteiger partial charge in [-0.3, -0.25) is 0 Å². The molecule has 74 heavy (non-hydrogen) atoms. The summed E-state index contributed by atoms with van der Waals surface area (Å²) in [6, 6.07) is 89.8. The summed E-state index contributed by atoms with van der Waals surface area (Å²) in [6.07, 6.45) is 1.88. The summed E-state index contributed by atoms with van der Waals surface area (Å²) in [7, 11) is 0. The first-order valence-corrected chi connectivity index (χ1v) is 26.8. The van der Waals surface area contributed by atoms with Crippen LogP contribution < -0.4 is 4.74 Å². The molecular formula is C67H42N4OPtS. The van der Waals surface area contributed by atoms with Crippen LogP contribution in [0.2, 0.25) is 0 Å². The Hall–Kier alpha value is -8.54. The second kappa shape index (κ2) is 17.0. The first-order chi connectivity index (χ1) is 36.6. The van der Waals surface area contributed by atoms with Crippen LogP contribution in [0.4, 0.5) is 0 Å². The van der Waals surface area contributed by atoms with Crippen LogP contribution in [-0.2, 0) is 24.8 Å². The third-order valence-electron chi connectivity index (χ3n) is 15.0. The van der Waals surface area contributed by atoms with Crippen molar-refractivity contribution in [1.82, 2.24) is 18.7 Å². The fraction of sp³-hybridized carbons (Fsp3) is 0.0149. The average Bonchev–Trinajstić information content (AvgIpc) is 4.17. The van der Waals surface area contributed by atoms with Crippen molar-refractivity contribution in [3.63, 3.8) is 0 Å². The van der Waals surface area contributed by atoms with Crippen LogP contribution >= 0.6 is 11.8 Å². The molecule has 0 atom stereocenters. The van der Waals surface area contributed by atoms with Crippen LogP contribution in [0.3, 0.4) is 0 Å². The van der Waals surface area contributed by atoms with Crippen LogP contribution in [0.1, 0.15) is 22.3 Å². The molecule has 0 radical (unpaired) electrons. The van der Waals surface area contributed by atoms with Crippen molar-refractivity contribution in [3.8, 4) is 62.1 Å². The molecule has 1 aliphatic heterocycles. The molecule has 0 N–H and O–H groups in total. The second-order valence-electron chi connectivity index (χ2n) is 18.9. The van der Waals surface area contributed by atoms with Gasteiger partial charge >= 0.3 is 294 Å². The Morgan fingerprint density at radius 3 is 1.68 bits per heavy atom. The van der Waals surface area contributed by atoms with Gasteiger partial charge in [-0.05, 0) is 51.6 Å². The molecule has 13 aromatic rings. The first-order valence-electron chi connectivity index (χ1n) is 24.8. The van der Waals surface area contributed by atoms with E-state index in [1.54, 1.807) is 0 Å². The number of benzene rings is 10. The standard InChI is InChI=1S/C67H42N4OS.Pt/c1-3-19-44(20-4-1)49-26-18-27-50(45-21-5-2-6-22-45)66(49)70-43-69(59-31-11-12-32-60(59)70)46-23-17-24-47(39-46)72-48-36-37-52-54-41-53-51-25-7-8-28-55(51)67(56-29-9-13-33-63(56)73-64-34-14-10-30-57(64)67)58(53)42-62(54)71(61(52)40-48)65-35-15-16-38-68-65;/h1-42H;. The average molecular weight is 1150 g/mol. The van der Waals surface area contributed by atoms with E-state index in [0.29, 0.717) is 0 Å². The molecule has 4 heterocycles. The Morgan fingerprint density at radius 1 is 0.392 bits per heavy atom. The van der Waals surface area contributed by atoms with Crippen molar-refractivity contribution in [2.45, 2.75) is 15.2 Å². The van der Waals surface area contributed by atoms with E-state index in [1.165, 1.54) is 48.6 Å². The van der Waals surface area contributed by atoms with Gasteiger partial charge in [-0.15, -0.1) is 0 Å². The maximum atomic E-state index is 6.97. The molecule has 1 spiro atoms. The zero-order valence-corrected chi connectivity index (χ0v) is 42.8. The van der Waals surface area contributed by atoms with Gasteiger partial charge in [0.15, 0.2) is 0 Å². The molecule has 5 nitrogen and oxygen atoms in total. The topological polar surface area (TPSA) is 36.9 Å². The third-order valence-corrected chi connectivity index (χ3v) is 17.2. The van der Waals surface area contributed by atoms with Crippen molar-refractivity contribution in [1.29, 1.82) is 0 Å². The van der Waals surface area contributed by atoms with Gasteiger partial charge in [-0.25, -0.2) is 0 Å².